The van der Waals surface area contributed by atoms with E-state index in [4.69, 9.17) is 0 Å². The van der Waals surface area contributed by atoms with Gasteiger partial charge in [-0.1, -0.05) is 20.8 Å². The number of carbonyl (C=O) groups is 2. The number of rotatable bonds is 7. The van der Waals surface area contributed by atoms with Crippen molar-refractivity contribution in [3.05, 3.63) is 58.1 Å². The van der Waals surface area contributed by atoms with Gasteiger partial charge in [0.25, 0.3) is 11.6 Å². The number of nitro benzene ring substituents is 1. The van der Waals surface area contributed by atoms with Gasteiger partial charge in [0.2, 0.25) is 5.91 Å². The van der Waals surface area contributed by atoms with Gasteiger partial charge in [-0.05, 0) is 61.1 Å². The van der Waals surface area contributed by atoms with E-state index in [0.717, 1.165) is 25.9 Å². The minimum Gasteiger partial charge on any atom is -0.366 e. The second-order valence-corrected chi connectivity index (χ2v) is 8.81. The normalized spacial score (nSPS) is 14.3. The number of hydrogen-bond donors (Lipinski definition) is 2. The number of nitro groups is 1. The summed E-state index contributed by atoms with van der Waals surface area (Å²) in [6.45, 7) is 7.68. The van der Waals surface area contributed by atoms with Crippen molar-refractivity contribution in [2.24, 2.45) is 11.8 Å². The lowest BCUT2D eigenvalue weighted by molar-refractivity contribution is -0.384. The smallest absolute Gasteiger partial charge is 0.293 e. The molecule has 8 nitrogen and oxygen atoms in total. The van der Waals surface area contributed by atoms with Gasteiger partial charge in [0.1, 0.15) is 5.69 Å². The zero-order chi connectivity index (χ0) is 23.3. The fourth-order valence-electron chi connectivity index (χ4n) is 3.75. The van der Waals surface area contributed by atoms with Crippen molar-refractivity contribution in [3.63, 3.8) is 0 Å². The van der Waals surface area contributed by atoms with Gasteiger partial charge in [-0.15, -0.1) is 0 Å². The van der Waals surface area contributed by atoms with Crippen LogP contribution < -0.4 is 15.5 Å². The summed E-state index contributed by atoms with van der Waals surface area (Å²) in [4.78, 5) is 37.8. The number of hydrogen-bond acceptors (Lipinski definition) is 5. The summed E-state index contributed by atoms with van der Waals surface area (Å²) in [7, 11) is 0. The maximum Gasteiger partial charge on any atom is 0.293 e. The largest absolute Gasteiger partial charge is 0.366 e. The van der Waals surface area contributed by atoms with Crippen LogP contribution in [0.2, 0.25) is 0 Å². The Hall–Kier alpha value is -3.42. The Labute approximate surface area is 188 Å². The summed E-state index contributed by atoms with van der Waals surface area (Å²) < 4.78 is 0. The van der Waals surface area contributed by atoms with Crippen LogP contribution in [0.5, 0.6) is 0 Å². The summed E-state index contributed by atoms with van der Waals surface area (Å²) in [5.41, 5.74) is 1.90. The molecule has 0 atom stereocenters. The first-order chi connectivity index (χ1) is 15.2. The molecule has 0 unspecified atom stereocenters. The second-order valence-electron chi connectivity index (χ2n) is 8.81. The molecule has 2 N–H and O–H groups in total. The van der Waals surface area contributed by atoms with E-state index in [2.05, 4.69) is 17.6 Å². The topological polar surface area (TPSA) is 105 Å². The lowest BCUT2D eigenvalue weighted by Crippen LogP contribution is -2.33. The van der Waals surface area contributed by atoms with Crippen molar-refractivity contribution in [3.8, 4) is 0 Å². The number of nitrogens with zero attached hydrogens (tertiary/aromatic N) is 2. The maximum atomic E-state index is 12.7. The van der Waals surface area contributed by atoms with Crippen LogP contribution in [0.25, 0.3) is 0 Å². The highest BCUT2D eigenvalue weighted by Crippen LogP contribution is 2.32. The molecule has 0 spiro atoms. The van der Waals surface area contributed by atoms with Crippen molar-refractivity contribution >= 4 is 34.6 Å². The van der Waals surface area contributed by atoms with Gasteiger partial charge in [-0.3, -0.25) is 19.7 Å². The molecule has 32 heavy (non-hydrogen) atoms. The molecule has 1 heterocycles. The first-order valence-corrected chi connectivity index (χ1v) is 11.0. The van der Waals surface area contributed by atoms with E-state index in [1.807, 2.05) is 18.7 Å². The SMILES string of the molecule is CC(C)CC(=O)Nc1ccc(NC(=O)c2ccc(N3CCC(C)CC3)c([N+](=O)[O-])c2)cc1. The minimum absolute atomic E-state index is 0.0598. The van der Waals surface area contributed by atoms with Crippen LogP contribution in [0.4, 0.5) is 22.7 Å². The van der Waals surface area contributed by atoms with Crippen molar-refractivity contribution in [1.82, 2.24) is 0 Å². The van der Waals surface area contributed by atoms with Crippen molar-refractivity contribution in [1.29, 1.82) is 0 Å². The Morgan fingerprint density at radius 2 is 1.66 bits per heavy atom. The van der Waals surface area contributed by atoms with E-state index in [1.54, 1.807) is 36.4 Å². The molecule has 1 aliphatic rings. The number of anilines is 3. The first-order valence-electron chi connectivity index (χ1n) is 11.0. The average Bonchev–Trinajstić information content (AvgIpc) is 2.74. The zero-order valence-electron chi connectivity index (χ0n) is 18.8. The van der Waals surface area contributed by atoms with Crippen molar-refractivity contribution < 1.29 is 14.5 Å². The number of nitrogens with one attached hydrogen (secondary N) is 2. The third-order valence-corrected chi connectivity index (χ3v) is 5.58. The number of piperidine rings is 1. The van der Waals surface area contributed by atoms with Gasteiger partial charge >= 0.3 is 0 Å². The average molecular weight is 439 g/mol. The van der Waals surface area contributed by atoms with E-state index in [0.29, 0.717) is 29.4 Å². The number of amides is 2. The Kier molecular flexibility index (Phi) is 7.45. The predicted molar refractivity (Wildman–Crippen MR) is 126 cm³/mol. The summed E-state index contributed by atoms with van der Waals surface area (Å²) in [5.74, 6) is 0.392. The Morgan fingerprint density at radius 3 is 2.22 bits per heavy atom. The molecule has 2 amide bonds. The summed E-state index contributed by atoms with van der Waals surface area (Å²) >= 11 is 0. The van der Waals surface area contributed by atoms with Gasteiger partial charge in [0, 0.05) is 42.5 Å². The molecule has 0 bridgehead atoms. The third-order valence-electron chi connectivity index (χ3n) is 5.58. The molecule has 3 rings (SSSR count). The minimum atomic E-state index is -0.432. The fourth-order valence-corrected chi connectivity index (χ4v) is 3.75. The maximum absolute atomic E-state index is 12.7. The molecule has 0 radical (unpaired) electrons. The molecular formula is C24H30N4O4. The van der Waals surface area contributed by atoms with Crippen molar-refractivity contribution in [2.75, 3.05) is 28.6 Å². The van der Waals surface area contributed by atoms with E-state index >= 15 is 0 Å². The molecule has 1 aliphatic heterocycles. The van der Waals surface area contributed by atoms with E-state index < -0.39 is 10.8 Å². The van der Waals surface area contributed by atoms with E-state index in [9.17, 15) is 19.7 Å². The standard InChI is InChI=1S/C24H30N4O4/c1-16(2)14-23(29)25-19-5-7-20(8-6-19)26-24(30)18-4-9-21(22(15-18)28(31)32)27-12-10-17(3)11-13-27/h4-9,15-17H,10-14H2,1-3H3,(H,25,29)(H,26,30). The summed E-state index contributed by atoms with van der Waals surface area (Å²) in [5, 5.41) is 17.2. The molecule has 0 saturated carbocycles. The van der Waals surface area contributed by atoms with Gasteiger partial charge in [0.05, 0.1) is 4.92 Å². The van der Waals surface area contributed by atoms with Crippen LogP contribution in [0.15, 0.2) is 42.5 Å². The summed E-state index contributed by atoms with van der Waals surface area (Å²) in [6, 6.07) is 11.4. The highest BCUT2D eigenvalue weighted by atomic mass is 16.6. The monoisotopic (exact) mass is 438 g/mol. The fraction of sp³-hybridized carbons (Fsp3) is 0.417. The second kappa shape index (κ2) is 10.3. The van der Waals surface area contributed by atoms with Gasteiger partial charge < -0.3 is 15.5 Å². The lowest BCUT2D eigenvalue weighted by atomic mass is 9.98. The third kappa shape index (κ3) is 6.06. The molecule has 0 aromatic heterocycles. The Bertz CT molecular complexity index is 980. The molecule has 1 saturated heterocycles. The zero-order valence-corrected chi connectivity index (χ0v) is 18.8. The Morgan fingerprint density at radius 1 is 1.06 bits per heavy atom. The molecule has 2 aromatic rings. The molecule has 8 heteroatoms. The van der Waals surface area contributed by atoms with Gasteiger partial charge in [-0.25, -0.2) is 0 Å². The molecule has 1 fully saturated rings. The van der Waals surface area contributed by atoms with Crippen LogP contribution in [0.3, 0.4) is 0 Å². The van der Waals surface area contributed by atoms with Crippen LogP contribution in [0, 0.1) is 22.0 Å². The Balaban J connectivity index is 1.69. The van der Waals surface area contributed by atoms with Crippen LogP contribution in [-0.4, -0.2) is 29.8 Å². The first kappa shape index (κ1) is 23.2. The molecule has 2 aromatic carbocycles. The molecule has 0 aliphatic carbocycles. The lowest BCUT2D eigenvalue weighted by Gasteiger charge is -2.31. The van der Waals surface area contributed by atoms with Crippen molar-refractivity contribution in [2.45, 2.75) is 40.0 Å². The highest BCUT2D eigenvalue weighted by molar-refractivity contribution is 6.05. The quantitative estimate of drug-likeness (QED) is 0.464. The summed E-state index contributed by atoms with van der Waals surface area (Å²) in [6.07, 6.45) is 2.42. The van der Waals surface area contributed by atoms with E-state index in [-0.39, 0.29) is 23.1 Å². The molecule has 170 valence electrons. The van der Waals surface area contributed by atoms with Gasteiger partial charge in [-0.2, -0.15) is 0 Å². The van der Waals surface area contributed by atoms with Crippen LogP contribution >= 0.6 is 0 Å². The van der Waals surface area contributed by atoms with Gasteiger partial charge in [0.15, 0.2) is 0 Å². The number of benzene rings is 2. The van der Waals surface area contributed by atoms with Crippen LogP contribution in [0.1, 0.15) is 50.4 Å². The predicted octanol–water partition coefficient (Wildman–Crippen LogP) is 5.07. The van der Waals surface area contributed by atoms with E-state index in [1.165, 1.54) is 6.07 Å². The molecular weight excluding hydrogens is 408 g/mol. The van der Waals surface area contributed by atoms with Crippen LogP contribution in [-0.2, 0) is 4.79 Å². The number of carbonyl (C=O) groups excluding carboxylic acids is 2. The highest BCUT2D eigenvalue weighted by Gasteiger charge is 2.24.